The van der Waals surface area contributed by atoms with Crippen LogP contribution in [0.4, 0.5) is 0 Å². The molecule has 0 atom stereocenters. The molecule has 14 heavy (non-hydrogen) atoms. The van der Waals surface area contributed by atoms with Gasteiger partial charge >= 0.3 is 0 Å². The van der Waals surface area contributed by atoms with E-state index in [1.807, 2.05) is 29.8 Å². The molecule has 72 valence electrons. The van der Waals surface area contributed by atoms with E-state index >= 15 is 0 Å². The van der Waals surface area contributed by atoms with Crippen molar-refractivity contribution in [2.75, 3.05) is 0 Å². The van der Waals surface area contributed by atoms with Crippen LogP contribution in [0.15, 0.2) is 30.7 Å². The van der Waals surface area contributed by atoms with Crippen LogP contribution in [-0.2, 0) is 6.54 Å². The lowest BCUT2D eigenvalue weighted by molar-refractivity contribution is 0.865. The van der Waals surface area contributed by atoms with Gasteiger partial charge in [0.1, 0.15) is 5.82 Å². The van der Waals surface area contributed by atoms with Gasteiger partial charge < -0.3 is 10.3 Å². The molecule has 4 heteroatoms. The molecule has 0 bridgehead atoms. The Kier molecular flexibility index (Phi) is 2.28. The van der Waals surface area contributed by atoms with Crippen molar-refractivity contribution < 1.29 is 0 Å². The van der Waals surface area contributed by atoms with Crippen molar-refractivity contribution in [2.45, 2.75) is 13.5 Å². The normalized spacial score (nSPS) is 10.4. The van der Waals surface area contributed by atoms with Crippen LogP contribution in [0.2, 0.25) is 0 Å². The molecule has 4 nitrogen and oxygen atoms in total. The van der Waals surface area contributed by atoms with Crippen molar-refractivity contribution in [1.82, 2.24) is 14.5 Å². The fraction of sp³-hybridized carbons (Fsp3) is 0.200. The smallest absolute Gasteiger partial charge is 0.126 e. The summed E-state index contributed by atoms with van der Waals surface area (Å²) in [6, 6.07) is 3.94. The molecule has 0 saturated heterocycles. The molecule has 0 fully saturated rings. The van der Waals surface area contributed by atoms with E-state index in [4.69, 9.17) is 5.73 Å². The summed E-state index contributed by atoms with van der Waals surface area (Å²) in [6.07, 6.45) is 5.43. The minimum atomic E-state index is 0.439. The van der Waals surface area contributed by atoms with Crippen LogP contribution in [0.3, 0.4) is 0 Å². The maximum atomic E-state index is 5.57. The third-order valence-corrected chi connectivity index (χ3v) is 2.06. The minimum Gasteiger partial charge on any atom is -0.324 e. The fourth-order valence-electron chi connectivity index (χ4n) is 1.40. The molecule has 0 aliphatic rings. The average Bonchev–Trinajstić information content (AvgIpc) is 2.65. The molecule has 0 aliphatic carbocycles. The van der Waals surface area contributed by atoms with Gasteiger partial charge in [-0.1, -0.05) is 0 Å². The van der Waals surface area contributed by atoms with Crippen LogP contribution in [0, 0.1) is 6.92 Å². The zero-order chi connectivity index (χ0) is 9.97. The number of pyridine rings is 1. The summed E-state index contributed by atoms with van der Waals surface area (Å²) in [5, 5.41) is 0. The number of nitrogens with zero attached hydrogens (tertiary/aromatic N) is 3. The Labute approximate surface area is 82.4 Å². The van der Waals surface area contributed by atoms with E-state index < -0.39 is 0 Å². The van der Waals surface area contributed by atoms with Crippen LogP contribution in [0.25, 0.3) is 5.69 Å². The van der Waals surface area contributed by atoms with Gasteiger partial charge in [0.25, 0.3) is 0 Å². The second-order valence-corrected chi connectivity index (χ2v) is 3.07. The fourth-order valence-corrected chi connectivity index (χ4v) is 1.40. The highest BCUT2D eigenvalue weighted by Gasteiger charge is 2.02. The molecular weight excluding hydrogens is 176 g/mol. The zero-order valence-corrected chi connectivity index (χ0v) is 8.01. The Morgan fingerprint density at radius 2 is 2.21 bits per heavy atom. The van der Waals surface area contributed by atoms with Crippen molar-refractivity contribution in [3.63, 3.8) is 0 Å². The van der Waals surface area contributed by atoms with E-state index in [0.29, 0.717) is 6.54 Å². The van der Waals surface area contributed by atoms with Crippen molar-refractivity contribution in [1.29, 1.82) is 0 Å². The summed E-state index contributed by atoms with van der Waals surface area (Å²) < 4.78 is 1.97. The Morgan fingerprint density at radius 3 is 2.93 bits per heavy atom. The van der Waals surface area contributed by atoms with Gasteiger partial charge in [-0.05, 0) is 19.1 Å². The van der Waals surface area contributed by atoms with Crippen molar-refractivity contribution in [3.8, 4) is 5.69 Å². The Bertz CT molecular complexity index is 433. The van der Waals surface area contributed by atoms with E-state index in [1.165, 1.54) is 0 Å². The monoisotopic (exact) mass is 188 g/mol. The predicted octanol–water partition coefficient (Wildman–Crippen LogP) is 1.03. The average molecular weight is 188 g/mol. The Morgan fingerprint density at radius 1 is 1.36 bits per heavy atom. The summed E-state index contributed by atoms with van der Waals surface area (Å²) in [6.45, 7) is 2.40. The highest BCUT2D eigenvalue weighted by Crippen LogP contribution is 2.10. The van der Waals surface area contributed by atoms with E-state index in [9.17, 15) is 0 Å². The van der Waals surface area contributed by atoms with Gasteiger partial charge in [0, 0.05) is 24.3 Å². The number of hydrogen-bond donors (Lipinski definition) is 1. The molecular formula is C10H12N4. The van der Waals surface area contributed by atoms with Crippen molar-refractivity contribution >= 4 is 0 Å². The lowest BCUT2D eigenvalue weighted by atomic mass is 10.3. The standard InChI is InChI=1S/C10H12N4/c1-8-6-9(2-3-12-8)14-5-4-13-10(14)7-11/h2-6H,7,11H2,1H3. The van der Waals surface area contributed by atoms with E-state index in [2.05, 4.69) is 9.97 Å². The number of aromatic nitrogens is 3. The maximum Gasteiger partial charge on any atom is 0.126 e. The second kappa shape index (κ2) is 3.59. The summed E-state index contributed by atoms with van der Waals surface area (Å²) in [5.41, 5.74) is 7.61. The van der Waals surface area contributed by atoms with Crippen molar-refractivity contribution in [3.05, 3.63) is 42.2 Å². The van der Waals surface area contributed by atoms with Gasteiger partial charge in [-0.2, -0.15) is 0 Å². The van der Waals surface area contributed by atoms with E-state index in [-0.39, 0.29) is 0 Å². The first-order valence-electron chi connectivity index (χ1n) is 4.46. The number of imidazole rings is 1. The van der Waals surface area contributed by atoms with E-state index in [1.54, 1.807) is 12.4 Å². The highest BCUT2D eigenvalue weighted by atomic mass is 15.1. The lowest BCUT2D eigenvalue weighted by Crippen LogP contribution is -2.06. The molecule has 0 aliphatic heterocycles. The Hall–Kier alpha value is -1.68. The number of rotatable bonds is 2. The Balaban J connectivity index is 2.49. The first-order chi connectivity index (χ1) is 6.81. The van der Waals surface area contributed by atoms with Gasteiger partial charge in [0.15, 0.2) is 0 Å². The molecule has 0 unspecified atom stereocenters. The van der Waals surface area contributed by atoms with Gasteiger partial charge in [-0.15, -0.1) is 0 Å². The van der Waals surface area contributed by atoms with Crippen molar-refractivity contribution in [2.24, 2.45) is 5.73 Å². The van der Waals surface area contributed by atoms with Gasteiger partial charge in [-0.25, -0.2) is 4.98 Å². The largest absolute Gasteiger partial charge is 0.324 e. The molecule has 2 aromatic rings. The quantitative estimate of drug-likeness (QED) is 0.766. The van der Waals surface area contributed by atoms with Gasteiger partial charge in [0.05, 0.1) is 12.2 Å². The first kappa shape index (κ1) is 8.90. The number of hydrogen-bond acceptors (Lipinski definition) is 3. The molecule has 0 spiro atoms. The topological polar surface area (TPSA) is 56.7 Å². The zero-order valence-electron chi connectivity index (χ0n) is 8.01. The maximum absolute atomic E-state index is 5.57. The predicted molar refractivity (Wildman–Crippen MR) is 54.0 cm³/mol. The van der Waals surface area contributed by atoms with Crippen LogP contribution in [0.1, 0.15) is 11.5 Å². The van der Waals surface area contributed by atoms with Gasteiger partial charge in [0.2, 0.25) is 0 Å². The van der Waals surface area contributed by atoms with Crippen LogP contribution in [-0.4, -0.2) is 14.5 Å². The lowest BCUT2D eigenvalue weighted by Gasteiger charge is -2.06. The number of nitrogens with two attached hydrogens (primary N) is 1. The van der Waals surface area contributed by atoms with Crippen LogP contribution in [0.5, 0.6) is 0 Å². The molecule has 2 heterocycles. The molecule has 0 saturated carbocycles. The molecule has 2 aromatic heterocycles. The summed E-state index contributed by atoms with van der Waals surface area (Å²) in [7, 11) is 0. The van der Waals surface area contributed by atoms with Crippen LogP contribution >= 0.6 is 0 Å². The summed E-state index contributed by atoms with van der Waals surface area (Å²) >= 11 is 0. The molecule has 0 radical (unpaired) electrons. The summed E-state index contributed by atoms with van der Waals surface area (Å²) in [4.78, 5) is 8.30. The molecule has 0 amide bonds. The molecule has 2 N–H and O–H groups in total. The minimum absolute atomic E-state index is 0.439. The SMILES string of the molecule is Cc1cc(-n2ccnc2CN)ccn1. The summed E-state index contributed by atoms with van der Waals surface area (Å²) in [5.74, 6) is 0.857. The van der Waals surface area contributed by atoms with Gasteiger partial charge in [-0.3, -0.25) is 4.98 Å². The molecule has 2 rings (SSSR count). The third-order valence-electron chi connectivity index (χ3n) is 2.06. The first-order valence-corrected chi connectivity index (χ1v) is 4.46. The van der Waals surface area contributed by atoms with Crippen LogP contribution < -0.4 is 5.73 Å². The third kappa shape index (κ3) is 1.52. The highest BCUT2D eigenvalue weighted by molar-refractivity contribution is 5.33. The number of aryl methyl sites for hydroxylation is 1. The van der Waals surface area contributed by atoms with E-state index in [0.717, 1.165) is 17.2 Å². The second-order valence-electron chi connectivity index (χ2n) is 3.07. The molecule has 0 aromatic carbocycles.